The fourth-order valence-corrected chi connectivity index (χ4v) is 1.96. The van der Waals surface area contributed by atoms with Gasteiger partial charge in [0.25, 0.3) is 0 Å². The third-order valence-corrected chi connectivity index (χ3v) is 3.24. The highest BCUT2D eigenvalue weighted by Gasteiger charge is 2.13. The fraction of sp³-hybridized carbons (Fsp3) is 0.438. The first kappa shape index (κ1) is 15.2. The Morgan fingerprint density at radius 2 is 1.95 bits per heavy atom. The van der Waals surface area contributed by atoms with E-state index in [2.05, 4.69) is 15.5 Å². The fourth-order valence-electron chi connectivity index (χ4n) is 1.96. The molecule has 0 aliphatic heterocycles. The number of carbonyl (C=O) groups is 1. The van der Waals surface area contributed by atoms with Gasteiger partial charge >= 0.3 is 0 Å². The molecule has 1 amide bonds. The van der Waals surface area contributed by atoms with Crippen molar-refractivity contribution < 1.29 is 9.32 Å². The molecule has 0 spiro atoms. The number of amides is 1. The van der Waals surface area contributed by atoms with Gasteiger partial charge in [-0.3, -0.25) is 4.79 Å². The standard InChI is InChI=1S/C16H21N3O2/c1-11(2)16-18-15(21-19-16)10-9-14(20)17-12(3)13-7-5-4-6-8-13/h4-8,11-12H,9-10H2,1-3H3,(H,17,20)/t12-/m1/s1. The largest absolute Gasteiger partial charge is 0.350 e. The number of benzene rings is 1. The van der Waals surface area contributed by atoms with E-state index < -0.39 is 0 Å². The molecule has 2 aromatic rings. The molecular formula is C16H21N3O2. The number of hydrogen-bond donors (Lipinski definition) is 1. The smallest absolute Gasteiger partial charge is 0.227 e. The Bertz CT molecular complexity index is 578. The summed E-state index contributed by atoms with van der Waals surface area (Å²) < 4.78 is 5.12. The minimum absolute atomic E-state index is 0.00684. The molecule has 2 rings (SSSR count). The second kappa shape index (κ2) is 7.02. The van der Waals surface area contributed by atoms with Gasteiger partial charge in [0, 0.05) is 18.8 Å². The van der Waals surface area contributed by atoms with Crippen molar-refractivity contribution in [3.8, 4) is 0 Å². The van der Waals surface area contributed by atoms with Crippen molar-refractivity contribution in [1.82, 2.24) is 15.5 Å². The molecule has 0 saturated heterocycles. The predicted octanol–water partition coefficient (Wildman–Crippen LogP) is 3.00. The summed E-state index contributed by atoms with van der Waals surface area (Å²) in [5.41, 5.74) is 1.09. The third kappa shape index (κ3) is 4.41. The van der Waals surface area contributed by atoms with Crippen LogP contribution in [0.5, 0.6) is 0 Å². The van der Waals surface area contributed by atoms with Crippen LogP contribution < -0.4 is 5.32 Å². The highest BCUT2D eigenvalue weighted by molar-refractivity contribution is 5.76. The maximum Gasteiger partial charge on any atom is 0.227 e. The first-order chi connectivity index (χ1) is 10.1. The molecule has 5 nitrogen and oxygen atoms in total. The molecule has 1 aromatic carbocycles. The van der Waals surface area contributed by atoms with Gasteiger partial charge in [-0.2, -0.15) is 4.98 Å². The van der Waals surface area contributed by atoms with Crippen molar-refractivity contribution in [1.29, 1.82) is 0 Å². The number of nitrogens with one attached hydrogen (secondary N) is 1. The van der Waals surface area contributed by atoms with Gasteiger partial charge in [-0.25, -0.2) is 0 Å². The van der Waals surface area contributed by atoms with E-state index in [1.165, 1.54) is 0 Å². The molecule has 0 fully saturated rings. The van der Waals surface area contributed by atoms with Crippen LogP contribution in [-0.2, 0) is 11.2 Å². The van der Waals surface area contributed by atoms with E-state index in [0.717, 1.165) is 5.56 Å². The average molecular weight is 287 g/mol. The lowest BCUT2D eigenvalue weighted by molar-refractivity contribution is -0.121. The normalized spacial score (nSPS) is 12.4. The Morgan fingerprint density at radius 1 is 1.24 bits per heavy atom. The van der Waals surface area contributed by atoms with Crippen LogP contribution in [0, 0.1) is 0 Å². The van der Waals surface area contributed by atoms with Crippen LogP contribution in [0.1, 0.15) is 56.4 Å². The van der Waals surface area contributed by atoms with Crippen molar-refractivity contribution in [3.63, 3.8) is 0 Å². The monoisotopic (exact) mass is 287 g/mol. The van der Waals surface area contributed by atoms with E-state index in [0.29, 0.717) is 24.6 Å². The zero-order valence-electron chi connectivity index (χ0n) is 12.7. The van der Waals surface area contributed by atoms with E-state index in [1.54, 1.807) is 0 Å². The van der Waals surface area contributed by atoms with Gasteiger partial charge in [0.05, 0.1) is 6.04 Å². The van der Waals surface area contributed by atoms with E-state index >= 15 is 0 Å². The Kier molecular flexibility index (Phi) is 5.09. The molecule has 1 N–H and O–H groups in total. The van der Waals surface area contributed by atoms with Crippen molar-refractivity contribution in [2.75, 3.05) is 0 Å². The molecule has 0 unspecified atom stereocenters. The summed E-state index contributed by atoms with van der Waals surface area (Å²) >= 11 is 0. The zero-order chi connectivity index (χ0) is 15.2. The Labute approximate surface area is 124 Å². The summed E-state index contributed by atoms with van der Waals surface area (Å²) in [6.45, 7) is 5.97. The molecule has 0 aliphatic rings. The Hall–Kier alpha value is -2.17. The number of carbonyl (C=O) groups excluding carboxylic acids is 1. The summed E-state index contributed by atoms with van der Waals surface area (Å²) in [6, 6.07) is 9.87. The van der Waals surface area contributed by atoms with Crippen LogP contribution in [0.4, 0.5) is 0 Å². The second-order valence-electron chi connectivity index (χ2n) is 5.40. The minimum Gasteiger partial charge on any atom is -0.350 e. The van der Waals surface area contributed by atoms with Gasteiger partial charge in [-0.1, -0.05) is 49.3 Å². The minimum atomic E-state index is -0.0179. The number of rotatable bonds is 6. The van der Waals surface area contributed by atoms with Crippen LogP contribution in [0.15, 0.2) is 34.9 Å². The number of hydrogen-bond acceptors (Lipinski definition) is 4. The van der Waals surface area contributed by atoms with Crippen molar-refractivity contribution in [2.45, 2.75) is 45.6 Å². The molecule has 21 heavy (non-hydrogen) atoms. The van der Waals surface area contributed by atoms with Gasteiger partial charge in [-0.15, -0.1) is 0 Å². The molecule has 1 heterocycles. The summed E-state index contributed by atoms with van der Waals surface area (Å²) in [5.74, 6) is 1.41. The van der Waals surface area contributed by atoms with Crippen molar-refractivity contribution in [3.05, 3.63) is 47.6 Å². The lowest BCUT2D eigenvalue weighted by atomic mass is 10.1. The molecule has 0 saturated carbocycles. The van der Waals surface area contributed by atoms with Gasteiger partial charge in [0.15, 0.2) is 5.82 Å². The Morgan fingerprint density at radius 3 is 2.57 bits per heavy atom. The molecule has 0 radical (unpaired) electrons. The topological polar surface area (TPSA) is 68.0 Å². The first-order valence-corrected chi connectivity index (χ1v) is 7.23. The number of aromatic nitrogens is 2. The summed E-state index contributed by atoms with van der Waals surface area (Å²) in [7, 11) is 0. The lowest BCUT2D eigenvalue weighted by Crippen LogP contribution is -2.26. The molecule has 0 aliphatic carbocycles. The first-order valence-electron chi connectivity index (χ1n) is 7.23. The van der Waals surface area contributed by atoms with E-state index in [9.17, 15) is 4.79 Å². The molecule has 5 heteroatoms. The van der Waals surface area contributed by atoms with Gasteiger partial charge in [0.1, 0.15) is 0 Å². The third-order valence-electron chi connectivity index (χ3n) is 3.24. The van der Waals surface area contributed by atoms with Crippen LogP contribution in [0.2, 0.25) is 0 Å². The van der Waals surface area contributed by atoms with Crippen LogP contribution in [-0.4, -0.2) is 16.0 Å². The highest BCUT2D eigenvalue weighted by atomic mass is 16.5. The van der Waals surface area contributed by atoms with Crippen LogP contribution in [0.3, 0.4) is 0 Å². The maximum absolute atomic E-state index is 11.9. The van der Waals surface area contributed by atoms with Gasteiger partial charge in [0.2, 0.25) is 11.8 Å². The summed E-state index contributed by atoms with van der Waals surface area (Å²) in [5, 5.41) is 6.85. The van der Waals surface area contributed by atoms with Gasteiger partial charge in [-0.05, 0) is 12.5 Å². The molecule has 0 bridgehead atoms. The maximum atomic E-state index is 11.9. The van der Waals surface area contributed by atoms with E-state index in [1.807, 2.05) is 51.1 Å². The number of nitrogens with zero attached hydrogens (tertiary/aromatic N) is 2. The highest BCUT2D eigenvalue weighted by Crippen LogP contribution is 2.13. The summed E-state index contributed by atoms with van der Waals surface area (Å²) in [4.78, 5) is 16.2. The van der Waals surface area contributed by atoms with Crippen LogP contribution >= 0.6 is 0 Å². The van der Waals surface area contributed by atoms with Gasteiger partial charge < -0.3 is 9.84 Å². The summed E-state index contributed by atoms with van der Waals surface area (Å²) in [6.07, 6.45) is 0.809. The van der Waals surface area contributed by atoms with Crippen LogP contribution in [0.25, 0.3) is 0 Å². The second-order valence-corrected chi connectivity index (χ2v) is 5.40. The lowest BCUT2D eigenvalue weighted by Gasteiger charge is -2.13. The van der Waals surface area contributed by atoms with Crippen molar-refractivity contribution in [2.24, 2.45) is 0 Å². The molecule has 1 atom stereocenters. The molecule has 112 valence electrons. The predicted molar refractivity (Wildman–Crippen MR) is 79.7 cm³/mol. The SMILES string of the molecule is CC(C)c1noc(CCC(=O)N[C@H](C)c2ccccc2)n1. The van der Waals surface area contributed by atoms with Crippen molar-refractivity contribution >= 4 is 5.91 Å². The quantitative estimate of drug-likeness (QED) is 0.886. The zero-order valence-corrected chi connectivity index (χ0v) is 12.7. The average Bonchev–Trinajstić information content (AvgIpc) is 2.95. The van der Waals surface area contributed by atoms with E-state index in [4.69, 9.17) is 4.52 Å². The Balaban J connectivity index is 1.82. The van der Waals surface area contributed by atoms with E-state index in [-0.39, 0.29) is 17.9 Å². The number of aryl methyl sites for hydroxylation is 1. The molecular weight excluding hydrogens is 266 g/mol. The molecule has 1 aromatic heterocycles.